The number of halogens is 1. The number of amides is 1. The van der Waals surface area contributed by atoms with Crippen molar-refractivity contribution in [1.29, 1.82) is 5.26 Å². The molecule has 6 nitrogen and oxygen atoms in total. The summed E-state index contributed by atoms with van der Waals surface area (Å²) in [7, 11) is 0. The Balaban J connectivity index is 0.00000208. The van der Waals surface area contributed by atoms with Crippen LogP contribution in [0.15, 0.2) is 0 Å². The van der Waals surface area contributed by atoms with E-state index in [2.05, 4.69) is 11.4 Å². The molecule has 134 valence electrons. The quantitative estimate of drug-likeness (QED) is 0.775. The van der Waals surface area contributed by atoms with Crippen LogP contribution < -0.4 is 5.32 Å². The van der Waals surface area contributed by atoms with E-state index >= 15 is 0 Å². The first-order valence-corrected chi connectivity index (χ1v) is 8.66. The van der Waals surface area contributed by atoms with Gasteiger partial charge in [-0.3, -0.25) is 9.59 Å². The highest BCUT2D eigenvalue weighted by Gasteiger charge is 2.43. The smallest absolute Gasteiger partial charge is 0.302 e. The number of carbonyl (C=O) groups excluding carboxylic acids is 2. The lowest BCUT2D eigenvalue weighted by molar-refractivity contribution is -0.146. The second-order valence-corrected chi connectivity index (χ2v) is 7.15. The summed E-state index contributed by atoms with van der Waals surface area (Å²) in [6.07, 6.45) is 5.83. The number of fused-ring (bicyclic) bond motifs is 1. The van der Waals surface area contributed by atoms with Crippen LogP contribution in [-0.2, 0) is 14.3 Å². The van der Waals surface area contributed by atoms with Gasteiger partial charge in [0.05, 0.1) is 12.6 Å². The fourth-order valence-corrected chi connectivity index (χ4v) is 4.59. The van der Waals surface area contributed by atoms with Crippen molar-refractivity contribution in [2.75, 3.05) is 13.1 Å². The van der Waals surface area contributed by atoms with Gasteiger partial charge in [-0.1, -0.05) is 0 Å². The predicted octanol–water partition coefficient (Wildman–Crippen LogP) is 1.63. The van der Waals surface area contributed by atoms with Crippen LogP contribution in [0.25, 0.3) is 0 Å². The Labute approximate surface area is 149 Å². The molecule has 24 heavy (non-hydrogen) atoms. The Hall–Kier alpha value is -1.32. The number of nitrogens with zero attached hydrogens (tertiary/aromatic N) is 2. The largest absolute Gasteiger partial charge is 0.463 e. The molecule has 0 aromatic carbocycles. The fourth-order valence-electron chi connectivity index (χ4n) is 4.59. The number of hydrogen-bond donors (Lipinski definition) is 1. The average molecular weight is 356 g/mol. The molecule has 3 fully saturated rings. The number of carbonyl (C=O) groups is 2. The molecule has 1 saturated heterocycles. The minimum Gasteiger partial charge on any atom is -0.463 e. The van der Waals surface area contributed by atoms with E-state index in [0.717, 1.165) is 38.5 Å². The Morgan fingerprint density at radius 2 is 1.92 bits per heavy atom. The van der Waals surface area contributed by atoms with Gasteiger partial charge >= 0.3 is 5.97 Å². The van der Waals surface area contributed by atoms with Crippen molar-refractivity contribution in [2.24, 2.45) is 11.8 Å². The highest BCUT2D eigenvalue weighted by Crippen LogP contribution is 2.45. The van der Waals surface area contributed by atoms with Gasteiger partial charge in [0, 0.05) is 19.5 Å². The van der Waals surface area contributed by atoms with Crippen LogP contribution in [0, 0.1) is 23.2 Å². The monoisotopic (exact) mass is 355 g/mol. The number of nitriles is 1. The molecule has 1 aliphatic heterocycles. The minimum atomic E-state index is -0.239. The summed E-state index contributed by atoms with van der Waals surface area (Å²) >= 11 is 0. The van der Waals surface area contributed by atoms with Gasteiger partial charge in [0.15, 0.2) is 0 Å². The van der Waals surface area contributed by atoms with Crippen molar-refractivity contribution in [3.05, 3.63) is 0 Å². The molecule has 3 atom stereocenters. The van der Waals surface area contributed by atoms with Crippen LogP contribution in [0.2, 0.25) is 0 Å². The highest BCUT2D eigenvalue weighted by atomic mass is 35.5. The molecule has 1 N–H and O–H groups in total. The molecule has 3 unspecified atom stereocenters. The zero-order chi connectivity index (χ0) is 16.4. The van der Waals surface area contributed by atoms with E-state index in [4.69, 9.17) is 10.00 Å². The van der Waals surface area contributed by atoms with E-state index in [9.17, 15) is 9.59 Å². The van der Waals surface area contributed by atoms with E-state index in [1.54, 1.807) is 4.90 Å². The van der Waals surface area contributed by atoms with E-state index in [-0.39, 0.29) is 36.4 Å². The molecule has 7 heteroatoms. The van der Waals surface area contributed by atoms with Crippen molar-refractivity contribution in [3.63, 3.8) is 0 Å². The molecular weight excluding hydrogens is 330 g/mol. The predicted molar refractivity (Wildman–Crippen MR) is 90.4 cm³/mol. The molecule has 2 aliphatic carbocycles. The van der Waals surface area contributed by atoms with Gasteiger partial charge in [-0.15, -0.1) is 12.4 Å². The van der Waals surface area contributed by atoms with E-state index < -0.39 is 0 Å². The molecule has 0 aromatic heterocycles. The third kappa shape index (κ3) is 4.20. The lowest BCUT2D eigenvalue weighted by Crippen LogP contribution is -2.43. The molecule has 2 saturated carbocycles. The first-order valence-electron chi connectivity index (χ1n) is 8.66. The Morgan fingerprint density at radius 1 is 1.25 bits per heavy atom. The van der Waals surface area contributed by atoms with Gasteiger partial charge in [-0.25, -0.2) is 0 Å². The Bertz CT molecular complexity index is 508. The van der Waals surface area contributed by atoms with E-state index in [1.165, 1.54) is 6.92 Å². The number of ether oxygens (including phenoxy) is 1. The summed E-state index contributed by atoms with van der Waals surface area (Å²) in [4.78, 5) is 25.0. The van der Waals surface area contributed by atoms with Crippen molar-refractivity contribution in [1.82, 2.24) is 10.2 Å². The number of rotatable bonds is 4. The summed E-state index contributed by atoms with van der Waals surface area (Å²) in [5.41, 5.74) is 0. The summed E-state index contributed by atoms with van der Waals surface area (Å²) < 4.78 is 5.32. The maximum absolute atomic E-state index is 12.2. The van der Waals surface area contributed by atoms with Gasteiger partial charge < -0.3 is 15.0 Å². The number of nitrogens with one attached hydrogen (secondary N) is 1. The summed E-state index contributed by atoms with van der Waals surface area (Å²) in [5.74, 6) is 1.06. The van der Waals surface area contributed by atoms with Crippen molar-refractivity contribution in [3.8, 4) is 6.07 Å². The van der Waals surface area contributed by atoms with Crippen LogP contribution >= 0.6 is 12.4 Å². The first-order chi connectivity index (χ1) is 11.1. The lowest BCUT2D eigenvalue weighted by atomic mass is 10.0. The molecule has 0 bridgehead atoms. The SMILES string of the molecule is CC(=O)OC1CC2CC(NCC(=O)N3CCCC3C#N)CC2C1.Cl. The van der Waals surface area contributed by atoms with Crippen LogP contribution in [0.4, 0.5) is 0 Å². The summed E-state index contributed by atoms with van der Waals surface area (Å²) in [6, 6.07) is 2.34. The van der Waals surface area contributed by atoms with Crippen molar-refractivity contribution >= 4 is 24.3 Å². The molecule has 3 rings (SSSR count). The molecule has 1 heterocycles. The zero-order valence-corrected chi connectivity index (χ0v) is 14.9. The van der Waals surface area contributed by atoms with Gasteiger partial charge in [0.1, 0.15) is 12.1 Å². The van der Waals surface area contributed by atoms with Crippen molar-refractivity contribution < 1.29 is 14.3 Å². The van der Waals surface area contributed by atoms with Crippen LogP contribution in [0.3, 0.4) is 0 Å². The average Bonchev–Trinajstić information content (AvgIpc) is 3.17. The standard InChI is InChI=1S/C17H25N3O3.ClH/c1-11(21)23-16-7-12-5-14(6-13(12)8-16)19-10-17(22)20-4-2-3-15(20)9-18;/h12-16,19H,2-8,10H2,1H3;1H. The maximum Gasteiger partial charge on any atom is 0.302 e. The fraction of sp³-hybridized carbons (Fsp3) is 0.824. The van der Waals surface area contributed by atoms with Crippen molar-refractivity contribution in [2.45, 2.75) is 63.6 Å². The molecule has 1 amide bonds. The van der Waals surface area contributed by atoms with Gasteiger partial charge in [-0.2, -0.15) is 5.26 Å². The van der Waals surface area contributed by atoms with Gasteiger partial charge in [0.2, 0.25) is 5.91 Å². The number of esters is 1. The van der Waals surface area contributed by atoms with E-state index in [1.807, 2.05) is 0 Å². The second kappa shape index (κ2) is 8.17. The minimum absolute atomic E-state index is 0. The topological polar surface area (TPSA) is 82.4 Å². The lowest BCUT2D eigenvalue weighted by Gasteiger charge is -2.21. The summed E-state index contributed by atoms with van der Waals surface area (Å²) in [5, 5.41) is 12.4. The molecule has 0 spiro atoms. The molecular formula is C17H26ClN3O3. The third-order valence-electron chi connectivity index (χ3n) is 5.57. The van der Waals surface area contributed by atoms with Crippen LogP contribution in [0.1, 0.15) is 45.4 Å². The molecule has 0 radical (unpaired) electrons. The van der Waals surface area contributed by atoms with Crippen LogP contribution in [0.5, 0.6) is 0 Å². The van der Waals surface area contributed by atoms with Gasteiger partial charge in [-0.05, 0) is 50.4 Å². The van der Waals surface area contributed by atoms with Gasteiger partial charge in [0.25, 0.3) is 0 Å². The summed E-state index contributed by atoms with van der Waals surface area (Å²) in [6.45, 7) is 2.51. The first kappa shape index (κ1) is 19.0. The second-order valence-electron chi connectivity index (χ2n) is 7.15. The highest BCUT2D eigenvalue weighted by molar-refractivity contribution is 5.85. The Kier molecular flexibility index (Phi) is 6.47. The Morgan fingerprint density at radius 3 is 2.50 bits per heavy atom. The maximum atomic E-state index is 12.2. The zero-order valence-electron chi connectivity index (χ0n) is 14.1. The number of hydrogen-bond acceptors (Lipinski definition) is 5. The molecule has 0 aromatic rings. The molecule has 3 aliphatic rings. The van der Waals surface area contributed by atoms with E-state index in [0.29, 0.717) is 31.0 Å². The third-order valence-corrected chi connectivity index (χ3v) is 5.57. The number of likely N-dealkylation sites (tertiary alicyclic amines) is 1. The normalized spacial score (nSPS) is 34.3. The van der Waals surface area contributed by atoms with Crippen LogP contribution in [-0.4, -0.2) is 48.1 Å².